The highest BCUT2D eigenvalue weighted by molar-refractivity contribution is 5.91. The highest BCUT2D eigenvalue weighted by Gasteiger charge is 2.29. The first-order chi connectivity index (χ1) is 5.25. The van der Waals surface area contributed by atoms with E-state index in [1.807, 2.05) is 0 Å². The van der Waals surface area contributed by atoms with Gasteiger partial charge in [-0.1, -0.05) is 6.58 Å². The molecule has 1 unspecified atom stereocenters. The summed E-state index contributed by atoms with van der Waals surface area (Å²) in [6, 6.07) is 0. The molecule has 0 aromatic carbocycles. The van der Waals surface area contributed by atoms with E-state index in [1.165, 1.54) is 0 Å². The van der Waals surface area contributed by atoms with Crippen molar-refractivity contribution in [2.24, 2.45) is 5.92 Å². The molecule has 0 aromatic heterocycles. The van der Waals surface area contributed by atoms with Gasteiger partial charge in [0.25, 0.3) is 0 Å². The van der Waals surface area contributed by atoms with Crippen molar-refractivity contribution in [1.29, 1.82) is 0 Å². The Morgan fingerprint density at radius 2 is 2.45 bits per heavy atom. The molecule has 11 heavy (non-hydrogen) atoms. The molecule has 0 radical (unpaired) electrons. The number of fused-ring (bicyclic) bond motifs is 1. The quantitative estimate of drug-likeness (QED) is 0.526. The average Bonchev–Trinajstić information content (AvgIpc) is 2.27. The highest BCUT2D eigenvalue weighted by Crippen LogP contribution is 2.37. The van der Waals surface area contributed by atoms with Crippen LogP contribution in [0.3, 0.4) is 0 Å². The zero-order chi connectivity index (χ0) is 7.84. The lowest BCUT2D eigenvalue weighted by atomic mass is 9.92. The fourth-order valence-corrected chi connectivity index (χ4v) is 1.61. The Hall–Kier alpha value is -1.05. The van der Waals surface area contributed by atoms with E-state index in [1.54, 1.807) is 6.08 Å². The van der Waals surface area contributed by atoms with Crippen molar-refractivity contribution in [3.05, 3.63) is 24.2 Å². The molecule has 0 amide bonds. The molecule has 0 spiro atoms. The van der Waals surface area contributed by atoms with Crippen molar-refractivity contribution >= 4 is 5.78 Å². The number of carbonyl (C=O) groups excluding carboxylic acids is 1. The second-order valence-corrected chi connectivity index (χ2v) is 3.09. The summed E-state index contributed by atoms with van der Waals surface area (Å²) in [6.07, 6.45) is 4.12. The van der Waals surface area contributed by atoms with E-state index in [2.05, 4.69) is 6.58 Å². The Bertz CT molecular complexity index is 250. The number of allylic oxidation sites excluding steroid dienone is 3. The summed E-state index contributed by atoms with van der Waals surface area (Å²) >= 11 is 0. The molecule has 1 atom stereocenters. The van der Waals surface area contributed by atoms with Gasteiger partial charge in [-0.25, -0.2) is 0 Å². The molecule has 2 rings (SSSR count). The number of hydrogen-bond donors (Lipinski definition) is 0. The van der Waals surface area contributed by atoms with Gasteiger partial charge in [0.15, 0.2) is 5.78 Å². The Kier molecular flexibility index (Phi) is 1.34. The first-order valence-electron chi connectivity index (χ1n) is 3.86. The molecule has 1 heterocycles. The predicted octanol–water partition coefficient (Wildman–Crippen LogP) is 1.78. The van der Waals surface area contributed by atoms with Crippen molar-refractivity contribution in [1.82, 2.24) is 0 Å². The molecule has 1 aliphatic carbocycles. The average molecular weight is 150 g/mol. The van der Waals surface area contributed by atoms with E-state index in [0.717, 1.165) is 24.4 Å². The third-order valence-electron chi connectivity index (χ3n) is 2.18. The van der Waals surface area contributed by atoms with Gasteiger partial charge in [-0.05, 0) is 6.42 Å². The van der Waals surface area contributed by atoms with E-state index in [0.29, 0.717) is 12.3 Å². The molecule has 2 aliphatic rings. The van der Waals surface area contributed by atoms with Gasteiger partial charge in [-0.2, -0.15) is 0 Å². The van der Waals surface area contributed by atoms with Gasteiger partial charge < -0.3 is 4.74 Å². The van der Waals surface area contributed by atoms with Crippen molar-refractivity contribution in [3.8, 4) is 0 Å². The molecule has 1 fully saturated rings. The molecule has 2 nitrogen and oxygen atoms in total. The van der Waals surface area contributed by atoms with Crippen molar-refractivity contribution in [2.75, 3.05) is 0 Å². The second kappa shape index (κ2) is 2.22. The maximum atomic E-state index is 10.9. The summed E-state index contributed by atoms with van der Waals surface area (Å²) in [4.78, 5) is 10.9. The number of hydrogen-bond acceptors (Lipinski definition) is 2. The van der Waals surface area contributed by atoms with Crippen LogP contribution in [0.5, 0.6) is 0 Å². The van der Waals surface area contributed by atoms with Gasteiger partial charge in [-0.15, -0.1) is 0 Å². The van der Waals surface area contributed by atoms with Gasteiger partial charge in [0.1, 0.15) is 5.76 Å². The monoisotopic (exact) mass is 150 g/mol. The van der Waals surface area contributed by atoms with Crippen molar-refractivity contribution in [2.45, 2.75) is 19.3 Å². The third-order valence-corrected chi connectivity index (χ3v) is 2.18. The lowest BCUT2D eigenvalue weighted by molar-refractivity contribution is -0.115. The first-order valence-corrected chi connectivity index (χ1v) is 3.86. The smallest absolute Gasteiger partial charge is 0.159 e. The summed E-state index contributed by atoms with van der Waals surface area (Å²) in [5.41, 5.74) is 0. The zero-order valence-electron chi connectivity index (χ0n) is 6.30. The molecule has 1 saturated heterocycles. The van der Waals surface area contributed by atoms with Crippen LogP contribution in [0.15, 0.2) is 24.2 Å². The van der Waals surface area contributed by atoms with Gasteiger partial charge >= 0.3 is 0 Å². The predicted molar refractivity (Wildman–Crippen MR) is 40.7 cm³/mol. The van der Waals surface area contributed by atoms with Crippen LogP contribution in [-0.4, -0.2) is 5.78 Å². The molecule has 0 saturated carbocycles. The lowest BCUT2D eigenvalue weighted by Crippen LogP contribution is -2.09. The maximum absolute atomic E-state index is 10.9. The summed E-state index contributed by atoms with van der Waals surface area (Å²) in [5.74, 6) is 2.27. The van der Waals surface area contributed by atoms with Gasteiger partial charge in [0, 0.05) is 24.8 Å². The van der Waals surface area contributed by atoms with Crippen LogP contribution in [0.2, 0.25) is 0 Å². The SMILES string of the molecule is C=C1CC2CCC(=O)C=C2O1. The summed E-state index contributed by atoms with van der Waals surface area (Å²) < 4.78 is 5.28. The lowest BCUT2D eigenvalue weighted by Gasteiger charge is -2.12. The van der Waals surface area contributed by atoms with Crippen LogP contribution in [0.4, 0.5) is 0 Å². The maximum Gasteiger partial charge on any atom is 0.159 e. The summed E-state index contributed by atoms with van der Waals surface area (Å²) in [7, 11) is 0. The first kappa shape index (κ1) is 6.65. The molecular weight excluding hydrogens is 140 g/mol. The Morgan fingerprint density at radius 1 is 1.64 bits per heavy atom. The van der Waals surface area contributed by atoms with E-state index in [9.17, 15) is 4.79 Å². The number of carbonyl (C=O) groups is 1. The fourth-order valence-electron chi connectivity index (χ4n) is 1.61. The Morgan fingerprint density at radius 3 is 3.27 bits per heavy atom. The second-order valence-electron chi connectivity index (χ2n) is 3.09. The molecule has 1 aliphatic heterocycles. The molecule has 0 bridgehead atoms. The van der Waals surface area contributed by atoms with E-state index >= 15 is 0 Å². The fraction of sp³-hybridized carbons (Fsp3) is 0.444. The number of rotatable bonds is 0. The van der Waals surface area contributed by atoms with Crippen molar-refractivity contribution in [3.63, 3.8) is 0 Å². The minimum absolute atomic E-state index is 0.186. The van der Waals surface area contributed by atoms with Crippen LogP contribution in [0.25, 0.3) is 0 Å². The van der Waals surface area contributed by atoms with Crippen LogP contribution in [0.1, 0.15) is 19.3 Å². The topological polar surface area (TPSA) is 26.3 Å². The van der Waals surface area contributed by atoms with Crippen LogP contribution >= 0.6 is 0 Å². The van der Waals surface area contributed by atoms with Crippen LogP contribution in [-0.2, 0) is 9.53 Å². The largest absolute Gasteiger partial charge is 0.466 e. The molecule has 58 valence electrons. The zero-order valence-corrected chi connectivity index (χ0v) is 6.30. The minimum atomic E-state index is 0.186. The Labute approximate surface area is 65.5 Å². The van der Waals surface area contributed by atoms with E-state index < -0.39 is 0 Å². The van der Waals surface area contributed by atoms with Gasteiger partial charge in [0.2, 0.25) is 0 Å². The standard InChI is InChI=1S/C9H10O2/c1-6-4-7-2-3-8(10)5-9(7)11-6/h5,7H,1-4H2. The van der Waals surface area contributed by atoms with Gasteiger partial charge in [0.05, 0.1) is 5.76 Å². The molecule has 0 aromatic rings. The molecule has 0 N–H and O–H groups in total. The Balaban J connectivity index is 2.27. The minimum Gasteiger partial charge on any atom is -0.466 e. The van der Waals surface area contributed by atoms with Crippen molar-refractivity contribution < 1.29 is 9.53 Å². The van der Waals surface area contributed by atoms with E-state index in [-0.39, 0.29) is 5.78 Å². The van der Waals surface area contributed by atoms with E-state index in [4.69, 9.17) is 4.74 Å². The summed E-state index contributed by atoms with van der Waals surface area (Å²) in [5, 5.41) is 0. The number of ether oxygens (including phenoxy) is 1. The highest BCUT2D eigenvalue weighted by atomic mass is 16.5. The van der Waals surface area contributed by atoms with Crippen LogP contribution in [0, 0.1) is 5.92 Å². The summed E-state index contributed by atoms with van der Waals surface area (Å²) in [6.45, 7) is 3.73. The number of ketones is 1. The van der Waals surface area contributed by atoms with Gasteiger partial charge in [-0.3, -0.25) is 4.79 Å². The third kappa shape index (κ3) is 1.09. The molecular formula is C9H10O2. The van der Waals surface area contributed by atoms with Crippen LogP contribution < -0.4 is 0 Å². The normalized spacial score (nSPS) is 29.5. The molecule has 2 heteroatoms.